The van der Waals surface area contributed by atoms with E-state index in [-0.39, 0.29) is 5.60 Å². The third kappa shape index (κ3) is 5.14. The quantitative estimate of drug-likeness (QED) is 0.699. The van der Waals surface area contributed by atoms with E-state index in [1.807, 2.05) is 0 Å². The van der Waals surface area contributed by atoms with Gasteiger partial charge >= 0.3 is 17.1 Å². The molecule has 22 heavy (non-hydrogen) atoms. The number of hydrogen-bond donors (Lipinski definition) is 0. The highest BCUT2D eigenvalue weighted by molar-refractivity contribution is 6.69. The molecular weight excluding hydrogens is 312 g/mol. The SMILES string of the molecule is CC(C)O[Si]1(C)CCC(C)(C)O1.CO[Si]1(C)OCCC1(C)C. The van der Waals surface area contributed by atoms with Gasteiger partial charge < -0.3 is 17.7 Å². The van der Waals surface area contributed by atoms with E-state index in [0.717, 1.165) is 25.5 Å². The molecule has 0 radical (unpaired) electrons. The predicted octanol–water partition coefficient (Wildman–Crippen LogP) is 4.59. The first-order chi connectivity index (χ1) is 9.85. The summed E-state index contributed by atoms with van der Waals surface area (Å²) in [5.74, 6) is 0. The van der Waals surface area contributed by atoms with Gasteiger partial charge in [0, 0.05) is 24.9 Å². The van der Waals surface area contributed by atoms with Crippen LogP contribution in [0.1, 0.15) is 54.4 Å². The summed E-state index contributed by atoms with van der Waals surface area (Å²) < 4.78 is 22.9. The molecule has 0 bridgehead atoms. The lowest BCUT2D eigenvalue weighted by Crippen LogP contribution is -2.42. The van der Waals surface area contributed by atoms with Crippen molar-refractivity contribution < 1.29 is 17.7 Å². The molecule has 0 spiro atoms. The summed E-state index contributed by atoms with van der Waals surface area (Å²) in [6, 6.07) is 1.14. The first-order valence-corrected chi connectivity index (χ1v) is 13.3. The fourth-order valence-corrected chi connectivity index (χ4v) is 8.76. The molecule has 0 saturated carbocycles. The van der Waals surface area contributed by atoms with Gasteiger partial charge in [-0.1, -0.05) is 13.8 Å². The fourth-order valence-electron chi connectivity index (χ4n) is 3.05. The Bertz CT molecular complexity index is 373. The van der Waals surface area contributed by atoms with Gasteiger partial charge in [0.05, 0.1) is 5.60 Å². The average Bonchev–Trinajstić information content (AvgIpc) is 2.76. The van der Waals surface area contributed by atoms with Crippen molar-refractivity contribution in [1.82, 2.24) is 0 Å². The topological polar surface area (TPSA) is 36.9 Å². The zero-order valence-electron chi connectivity index (χ0n) is 16.0. The maximum Gasteiger partial charge on any atom is 0.340 e. The molecule has 6 heteroatoms. The van der Waals surface area contributed by atoms with Crippen LogP contribution in [-0.4, -0.2) is 42.5 Å². The Morgan fingerprint density at radius 2 is 1.64 bits per heavy atom. The molecule has 4 nitrogen and oxygen atoms in total. The van der Waals surface area contributed by atoms with Crippen LogP contribution in [0.5, 0.6) is 0 Å². The highest BCUT2D eigenvalue weighted by Crippen LogP contribution is 2.46. The maximum absolute atomic E-state index is 5.96. The molecular formula is C16H36O4Si2. The van der Waals surface area contributed by atoms with Gasteiger partial charge in [-0.3, -0.25) is 0 Å². The summed E-state index contributed by atoms with van der Waals surface area (Å²) in [6.45, 7) is 18.1. The maximum atomic E-state index is 5.96. The van der Waals surface area contributed by atoms with Gasteiger partial charge in [-0.2, -0.15) is 0 Å². The molecule has 2 saturated heterocycles. The van der Waals surface area contributed by atoms with Crippen molar-refractivity contribution in [3.63, 3.8) is 0 Å². The first kappa shape index (κ1) is 20.3. The molecule has 132 valence electrons. The van der Waals surface area contributed by atoms with Crippen molar-refractivity contribution in [2.24, 2.45) is 0 Å². The minimum Gasteiger partial charge on any atom is -0.397 e. The van der Waals surface area contributed by atoms with Crippen LogP contribution in [0.15, 0.2) is 0 Å². The Labute approximate surface area is 139 Å². The minimum atomic E-state index is -1.79. The molecule has 2 heterocycles. The molecule has 2 rings (SSSR count). The zero-order chi connectivity index (χ0) is 17.2. The van der Waals surface area contributed by atoms with Crippen LogP contribution in [-0.2, 0) is 17.7 Å². The summed E-state index contributed by atoms with van der Waals surface area (Å²) in [5, 5.41) is 0.293. The van der Waals surface area contributed by atoms with Gasteiger partial charge in [-0.25, -0.2) is 0 Å². The van der Waals surface area contributed by atoms with Crippen molar-refractivity contribution in [1.29, 1.82) is 0 Å². The molecule has 0 amide bonds. The molecule has 0 aromatic carbocycles. The van der Waals surface area contributed by atoms with E-state index in [0.29, 0.717) is 11.1 Å². The summed E-state index contributed by atoms with van der Waals surface area (Å²) >= 11 is 0. The standard InChI is InChI=1S/C9H20O2Si.C7H16O2Si/c1-8(2)10-12(5)7-6-9(3,4)11-12;1-7(2)5-6-9-10(7,4)8-3/h8H,6-7H2,1-5H3;5-6H2,1-4H3. The fraction of sp³-hybridized carbons (Fsp3) is 1.00. The van der Waals surface area contributed by atoms with Gasteiger partial charge in [-0.05, 0) is 59.7 Å². The predicted molar refractivity (Wildman–Crippen MR) is 95.7 cm³/mol. The molecule has 2 aliphatic rings. The lowest BCUT2D eigenvalue weighted by Gasteiger charge is -2.31. The molecule has 0 aromatic rings. The molecule has 2 unspecified atom stereocenters. The molecule has 0 aliphatic carbocycles. The van der Waals surface area contributed by atoms with Crippen LogP contribution in [0.4, 0.5) is 0 Å². The van der Waals surface area contributed by atoms with Crippen LogP contribution in [0.3, 0.4) is 0 Å². The van der Waals surface area contributed by atoms with Gasteiger partial charge in [0.1, 0.15) is 0 Å². The van der Waals surface area contributed by atoms with Gasteiger partial charge in [0.25, 0.3) is 0 Å². The van der Waals surface area contributed by atoms with Crippen LogP contribution < -0.4 is 0 Å². The van der Waals surface area contributed by atoms with Crippen molar-refractivity contribution >= 4 is 17.1 Å². The number of hydrogen-bond acceptors (Lipinski definition) is 4. The van der Waals surface area contributed by atoms with E-state index in [1.165, 1.54) is 0 Å². The van der Waals surface area contributed by atoms with E-state index < -0.39 is 17.1 Å². The molecule has 2 fully saturated rings. The monoisotopic (exact) mass is 348 g/mol. The molecule has 0 aromatic heterocycles. The van der Waals surface area contributed by atoms with Crippen molar-refractivity contribution in [3.8, 4) is 0 Å². The smallest absolute Gasteiger partial charge is 0.340 e. The van der Waals surface area contributed by atoms with Crippen LogP contribution >= 0.6 is 0 Å². The van der Waals surface area contributed by atoms with Crippen molar-refractivity contribution in [2.45, 2.75) is 90.3 Å². The second-order valence-electron chi connectivity index (χ2n) is 8.29. The average molecular weight is 349 g/mol. The van der Waals surface area contributed by atoms with Crippen molar-refractivity contribution in [3.05, 3.63) is 0 Å². The Hall–Kier alpha value is 0.274. The van der Waals surface area contributed by atoms with E-state index in [9.17, 15) is 0 Å². The minimum absolute atomic E-state index is 0.0515. The van der Waals surface area contributed by atoms with E-state index in [4.69, 9.17) is 17.7 Å². The third-order valence-corrected chi connectivity index (χ3v) is 12.2. The van der Waals surface area contributed by atoms with E-state index in [1.54, 1.807) is 7.11 Å². The second-order valence-corrected chi connectivity index (χ2v) is 15.4. The van der Waals surface area contributed by atoms with Crippen LogP contribution in [0, 0.1) is 0 Å². The summed E-state index contributed by atoms with van der Waals surface area (Å²) in [4.78, 5) is 0. The molecule has 2 atom stereocenters. The van der Waals surface area contributed by atoms with Crippen molar-refractivity contribution in [2.75, 3.05) is 13.7 Å². The van der Waals surface area contributed by atoms with E-state index in [2.05, 4.69) is 54.6 Å². The normalized spacial score (nSPS) is 36.3. The molecule has 2 aliphatic heterocycles. The van der Waals surface area contributed by atoms with E-state index >= 15 is 0 Å². The first-order valence-electron chi connectivity index (χ1n) is 8.42. The van der Waals surface area contributed by atoms with Crippen LogP contribution in [0.25, 0.3) is 0 Å². The van der Waals surface area contributed by atoms with Crippen LogP contribution in [0.2, 0.25) is 24.2 Å². The Kier molecular flexibility index (Phi) is 6.49. The lowest BCUT2D eigenvalue weighted by atomic mass is 10.1. The number of rotatable bonds is 3. The Morgan fingerprint density at radius 1 is 1.05 bits per heavy atom. The third-order valence-electron chi connectivity index (χ3n) is 4.88. The van der Waals surface area contributed by atoms with Gasteiger partial charge in [0.15, 0.2) is 0 Å². The second kappa shape index (κ2) is 7.03. The highest BCUT2D eigenvalue weighted by atomic mass is 28.4. The van der Waals surface area contributed by atoms with Gasteiger partial charge in [0.2, 0.25) is 0 Å². The van der Waals surface area contributed by atoms with Gasteiger partial charge in [-0.15, -0.1) is 0 Å². The lowest BCUT2D eigenvalue weighted by molar-refractivity contribution is 0.0718. The largest absolute Gasteiger partial charge is 0.397 e. The zero-order valence-corrected chi connectivity index (χ0v) is 18.0. The Balaban J connectivity index is 0.000000224. The molecule has 0 N–H and O–H groups in total. The highest BCUT2D eigenvalue weighted by Gasteiger charge is 2.51. The summed E-state index contributed by atoms with van der Waals surface area (Å²) in [7, 11) is -1.81. The Morgan fingerprint density at radius 3 is 1.91 bits per heavy atom. The summed E-state index contributed by atoms with van der Waals surface area (Å²) in [6.07, 6.45) is 2.59. The summed E-state index contributed by atoms with van der Waals surface area (Å²) in [5.41, 5.74) is 0.0515.